The van der Waals surface area contributed by atoms with Crippen LogP contribution in [0.2, 0.25) is 0 Å². The molecule has 0 spiro atoms. The molecule has 3 nitrogen and oxygen atoms in total. The van der Waals surface area contributed by atoms with Gasteiger partial charge in [0.1, 0.15) is 5.54 Å². The lowest BCUT2D eigenvalue weighted by Crippen LogP contribution is -2.40. The maximum Gasteiger partial charge on any atom is 0.102 e. The molecule has 94 valence electrons. The third-order valence-corrected chi connectivity index (χ3v) is 3.32. The summed E-state index contributed by atoms with van der Waals surface area (Å²) in [6, 6.07) is 2.15. The molecule has 3 heteroatoms. The summed E-state index contributed by atoms with van der Waals surface area (Å²) in [4.78, 5) is 2.40. The number of nitriles is 1. The lowest BCUT2D eigenvalue weighted by atomic mass is 9.99. The van der Waals surface area contributed by atoms with Crippen LogP contribution in [0.4, 0.5) is 0 Å². The van der Waals surface area contributed by atoms with Crippen LogP contribution in [0.1, 0.15) is 47.0 Å². The molecule has 0 aromatic rings. The summed E-state index contributed by atoms with van der Waals surface area (Å²) in [5, 5.41) is 8.86. The lowest BCUT2D eigenvalue weighted by molar-refractivity contribution is 0.221. The van der Waals surface area contributed by atoms with Gasteiger partial charge < -0.3 is 10.6 Å². The van der Waals surface area contributed by atoms with Crippen molar-refractivity contribution in [1.82, 2.24) is 4.90 Å². The highest BCUT2D eigenvalue weighted by Crippen LogP contribution is 2.12. The summed E-state index contributed by atoms with van der Waals surface area (Å²) in [6.07, 6.45) is 3.20. The van der Waals surface area contributed by atoms with Gasteiger partial charge in [-0.15, -0.1) is 0 Å². The van der Waals surface area contributed by atoms with Crippen molar-refractivity contribution < 1.29 is 0 Å². The Labute approximate surface area is 101 Å². The van der Waals surface area contributed by atoms with E-state index >= 15 is 0 Å². The summed E-state index contributed by atoms with van der Waals surface area (Å²) in [5.41, 5.74) is 5.15. The molecular formula is C13H27N3. The Morgan fingerprint density at radius 1 is 1.31 bits per heavy atom. The fourth-order valence-corrected chi connectivity index (χ4v) is 1.74. The summed E-state index contributed by atoms with van der Waals surface area (Å²) >= 11 is 0. The third-order valence-electron chi connectivity index (χ3n) is 3.32. The first-order valence-corrected chi connectivity index (χ1v) is 6.41. The summed E-state index contributed by atoms with van der Waals surface area (Å²) < 4.78 is 0. The smallest absolute Gasteiger partial charge is 0.102 e. The molecule has 0 saturated heterocycles. The maximum atomic E-state index is 8.86. The SMILES string of the molecule is CCC(CC)CN(CC)CCC(C)(N)C#N. The molecule has 0 aliphatic heterocycles. The van der Waals surface area contributed by atoms with Crippen molar-refractivity contribution in [1.29, 1.82) is 5.26 Å². The van der Waals surface area contributed by atoms with Gasteiger partial charge >= 0.3 is 0 Å². The quantitative estimate of drug-likeness (QED) is 0.690. The molecule has 0 aliphatic carbocycles. The lowest BCUT2D eigenvalue weighted by Gasteiger charge is -2.27. The van der Waals surface area contributed by atoms with Gasteiger partial charge in [-0.2, -0.15) is 5.26 Å². The van der Waals surface area contributed by atoms with Gasteiger partial charge in [-0.25, -0.2) is 0 Å². The minimum atomic E-state index is -0.679. The van der Waals surface area contributed by atoms with Gasteiger partial charge in [0.2, 0.25) is 0 Å². The van der Waals surface area contributed by atoms with Crippen LogP contribution >= 0.6 is 0 Å². The Bertz CT molecular complexity index is 214. The Hall–Kier alpha value is -0.590. The first-order chi connectivity index (χ1) is 7.49. The Morgan fingerprint density at radius 2 is 1.88 bits per heavy atom. The summed E-state index contributed by atoms with van der Waals surface area (Å²) in [5.74, 6) is 0.770. The number of hydrogen-bond donors (Lipinski definition) is 1. The Balaban J connectivity index is 4.07. The molecule has 0 rings (SSSR count). The third kappa shape index (κ3) is 6.09. The Morgan fingerprint density at radius 3 is 2.25 bits per heavy atom. The van der Waals surface area contributed by atoms with Crippen LogP contribution in [0, 0.1) is 17.2 Å². The van der Waals surface area contributed by atoms with Crippen LogP contribution in [-0.2, 0) is 0 Å². The van der Waals surface area contributed by atoms with E-state index in [4.69, 9.17) is 11.0 Å². The fraction of sp³-hybridized carbons (Fsp3) is 0.923. The van der Waals surface area contributed by atoms with E-state index in [1.165, 1.54) is 12.8 Å². The number of rotatable bonds is 8. The van der Waals surface area contributed by atoms with Gasteiger partial charge in [-0.1, -0.05) is 33.6 Å². The van der Waals surface area contributed by atoms with Crippen LogP contribution in [0.25, 0.3) is 0 Å². The van der Waals surface area contributed by atoms with Crippen molar-refractivity contribution in [3.05, 3.63) is 0 Å². The van der Waals surface area contributed by atoms with Crippen LogP contribution < -0.4 is 5.73 Å². The zero-order chi connectivity index (χ0) is 12.6. The van der Waals surface area contributed by atoms with E-state index in [1.807, 2.05) is 0 Å². The first-order valence-electron chi connectivity index (χ1n) is 6.41. The van der Waals surface area contributed by atoms with Gasteiger partial charge in [-0.3, -0.25) is 0 Å². The highest BCUT2D eigenvalue weighted by Gasteiger charge is 2.19. The van der Waals surface area contributed by atoms with Crippen molar-refractivity contribution in [2.45, 2.75) is 52.5 Å². The largest absolute Gasteiger partial charge is 0.314 e. The van der Waals surface area contributed by atoms with Gasteiger partial charge in [0.25, 0.3) is 0 Å². The second-order valence-electron chi connectivity index (χ2n) is 4.86. The predicted molar refractivity (Wildman–Crippen MR) is 69.0 cm³/mol. The van der Waals surface area contributed by atoms with E-state index in [0.29, 0.717) is 0 Å². The minimum Gasteiger partial charge on any atom is -0.314 e. The van der Waals surface area contributed by atoms with Crippen molar-refractivity contribution in [2.24, 2.45) is 11.7 Å². The van der Waals surface area contributed by atoms with Crippen molar-refractivity contribution in [2.75, 3.05) is 19.6 Å². The molecule has 0 radical (unpaired) electrons. The molecule has 0 saturated carbocycles. The summed E-state index contributed by atoms with van der Waals surface area (Å²) in [6.45, 7) is 11.5. The topological polar surface area (TPSA) is 53.0 Å². The molecule has 0 aliphatic rings. The fourth-order valence-electron chi connectivity index (χ4n) is 1.74. The molecule has 16 heavy (non-hydrogen) atoms. The van der Waals surface area contributed by atoms with Crippen LogP contribution in [0.3, 0.4) is 0 Å². The first kappa shape index (κ1) is 15.4. The number of nitrogens with two attached hydrogens (primary N) is 1. The molecule has 1 unspecified atom stereocenters. The van der Waals surface area contributed by atoms with Crippen molar-refractivity contribution >= 4 is 0 Å². The van der Waals surface area contributed by atoms with E-state index in [-0.39, 0.29) is 0 Å². The van der Waals surface area contributed by atoms with E-state index in [2.05, 4.69) is 31.7 Å². The molecule has 0 fully saturated rings. The monoisotopic (exact) mass is 225 g/mol. The molecule has 1 atom stereocenters. The molecule has 0 aromatic carbocycles. The average Bonchev–Trinajstić information content (AvgIpc) is 2.29. The average molecular weight is 225 g/mol. The van der Waals surface area contributed by atoms with E-state index in [1.54, 1.807) is 6.92 Å². The number of hydrogen-bond acceptors (Lipinski definition) is 3. The van der Waals surface area contributed by atoms with E-state index in [9.17, 15) is 0 Å². The molecule has 0 amide bonds. The van der Waals surface area contributed by atoms with Gasteiger partial charge in [0.05, 0.1) is 6.07 Å². The predicted octanol–water partition coefficient (Wildman–Crippen LogP) is 2.38. The van der Waals surface area contributed by atoms with Gasteiger partial charge in [0, 0.05) is 13.1 Å². The molecule has 0 heterocycles. The second-order valence-corrected chi connectivity index (χ2v) is 4.86. The minimum absolute atomic E-state index is 0.679. The van der Waals surface area contributed by atoms with E-state index < -0.39 is 5.54 Å². The highest BCUT2D eigenvalue weighted by molar-refractivity contribution is 5.01. The van der Waals surface area contributed by atoms with Crippen LogP contribution in [-0.4, -0.2) is 30.1 Å². The standard InChI is InChI=1S/C13H27N3/c1-5-12(6-2)10-16(7-3)9-8-13(4,15)11-14/h12H,5-10,15H2,1-4H3. The number of nitrogens with zero attached hydrogens (tertiary/aromatic N) is 2. The van der Waals surface area contributed by atoms with Crippen LogP contribution in [0.15, 0.2) is 0 Å². The van der Waals surface area contributed by atoms with Gasteiger partial charge in [-0.05, 0) is 25.8 Å². The van der Waals surface area contributed by atoms with Crippen molar-refractivity contribution in [3.8, 4) is 6.07 Å². The second kappa shape index (κ2) is 7.65. The molecular weight excluding hydrogens is 198 g/mol. The van der Waals surface area contributed by atoms with Crippen LogP contribution in [0.5, 0.6) is 0 Å². The molecule has 0 bridgehead atoms. The molecule has 0 aromatic heterocycles. The maximum absolute atomic E-state index is 8.86. The molecule has 2 N–H and O–H groups in total. The zero-order valence-corrected chi connectivity index (χ0v) is 11.3. The van der Waals surface area contributed by atoms with Gasteiger partial charge in [0.15, 0.2) is 0 Å². The highest BCUT2D eigenvalue weighted by atomic mass is 15.1. The van der Waals surface area contributed by atoms with E-state index in [0.717, 1.165) is 32.0 Å². The summed E-state index contributed by atoms with van der Waals surface area (Å²) in [7, 11) is 0. The normalized spacial score (nSPS) is 15.1. The Kier molecular flexibility index (Phi) is 7.36. The zero-order valence-electron chi connectivity index (χ0n) is 11.3. The van der Waals surface area contributed by atoms with Crippen molar-refractivity contribution in [3.63, 3.8) is 0 Å².